The Morgan fingerprint density at radius 1 is 1.62 bits per heavy atom. The van der Waals surface area contributed by atoms with Crippen LogP contribution in [-0.2, 0) is 7.05 Å². The third-order valence-corrected chi connectivity index (χ3v) is 2.08. The van der Waals surface area contributed by atoms with Crippen molar-refractivity contribution >= 4 is 11.7 Å². The molecule has 0 spiro atoms. The van der Waals surface area contributed by atoms with E-state index in [4.69, 9.17) is 0 Å². The minimum Gasteiger partial charge on any atom is -0.338 e. The maximum Gasteiger partial charge on any atom is 0.321 e. The number of aryl methyl sites for hydroxylation is 1. The molecular formula is C8H12N4O. The van der Waals surface area contributed by atoms with Crippen molar-refractivity contribution in [3.63, 3.8) is 0 Å². The highest BCUT2D eigenvalue weighted by atomic mass is 16.2. The molecule has 5 heteroatoms. The van der Waals surface area contributed by atoms with Gasteiger partial charge in [-0.15, -0.1) is 0 Å². The van der Waals surface area contributed by atoms with Crippen molar-refractivity contribution in [3.8, 4) is 0 Å². The topological polar surface area (TPSA) is 50.2 Å². The number of nitrogens with zero attached hydrogens (tertiary/aromatic N) is 3. The van der Waals surface area contributed by atoms with Gasteiger partial charge in [0.05, 0.1) is 11.9 Å². The molecule has 1 fully saturated rings. The van der Waals surface area contributed by atoms with Crippen LogP contribution in [0.4, 0.5) is 10.5 Å². The van der Waals surface area contributed by atoms with Gasteiger partial charge in [0.25, 0.3) is 0 Å². The predicted molar refractivity (Wildman–Crippen MR) is 48.6 cm³/mol. The lowest BCUT2D eigenvalue weighted by molar-refractivity contribution is 0.243. The Morgan fingerprint density at radius 2 is 2.46 bits per heavy atom. The average molecular weight is 180 g/mol. The number of anilines is 1. The molecule has 1 aliphatic heterocycles. The smallest absolute Gasteiger partial charge is 0.321 e. The molecule has 2 heterocycles. The Labute approximate surface area is 76.3 Å². The summed E-state index contributed by atoms with van der Waals surface area (Å²) in [6.07, 6.45) is 4.52. The van der Waals surface area contributed by atoms with Crippen LogP contribution in [0.15, 0.2) is 12.4 Å². The second-order valence-corrected chi connectivity index (χ2v) is 3.11. The van der Waals surface area contributed by atoms with Crippen LogP contribution in [0.2, 0.25) is 0 Å². The first-order valence-electron chi connectivity index (χ1n) is 4.31. The molecule has 0 atom stereocenters. The lowest BCUT2D eigenvalue weighted by atomic mass is 10.3. The fourth-order valence-corrected chi connectivity index (χ4v) is 1.42. The van der Waals surface area contributed by atoms with Gasteiger partial charge in [0.15, 0.2) is 0 Å². The van der Waals surface area contributed by atoms with Crippen molar-refractivity contribution < 1.29 is 4.79 Å². The third kappa shape index (κ3) is 1.49. The molecule has 0 bridgehead atoms. The van der Waals surface area contributed by atoms with E-state index in [-0.39, 0.29) is 6.03 Å². The molecule has 70 valence electrons. The Bertz CT molecular complexity index is 320. The quantitative estimate of drug-likeness (QED) is 0.677. The molecule has 0 aromatic carbocycles. The molecule has 1 aromatic heterocycles. The molecule has 2 rings (SSSR count). The summed E-state index contributed by atoms with van der Waals surface area (Å²) in [4.78, 5) is 13.1. The van der Waals surface area contributed by atoms with E-state index in [0.717, 1.165) is 25.2 Å². The van der Waals surface area contributed by atoms with Gasteiger partial charge in [-0.05, 0) is 6.42 Å². The minimum atomic E-state index is -0.0285. The number of carbonyl (C=O) groups excluding carboxylic acids is 1. The van der Waals surface area contributed by atoms with Crippen LogP contribution < -0.4 is 10.2 Å². The molecule has 5 nitrogen and oxygen atoms in total. The van der Waals surface area contributed by atoms with Crippen molar-refractivity contribution in [2.24, 2.45) is 7.05 Å². The van der Waals surface area contributed by atoms with E-state index in [1.54, 1.807) is 15.8 Å². The first kappa shape index (κ1) is 8.10. The lowest BCUT2D eigenvalue weighted by Crippen LogP contribution is -2.46. The maximum absolute atomic E-state index is 11.4. The number of aromatic nitrogens is 2. The van der Waals surface area contributed by atoms with Gasteiger partial charge in [-0.2, -0.15) is 5.10 Å². The van der Waals surface area contributed by atoms with Crippen molar-refractivity contribution in [2.75, 3.05) is 18.0 Å². The second kappa shape index (κ2) is 3.08. The Balaban J connectivity index is 2.19. The summed E-state index contributed by atoms with van der Waals surface area (Å²) in [7, 11) is 1.84. The number of carbonyl (C=O) groups is 1. The highest BCUT2D eigenvalue weighted by Gasteiger charge is 2.19. The molecule has 0 radical (unpaired) electrons. The first-order valence-corrected chi connectivity index (χ1v) is 4.31. The molecule has 1 N–H and O–H groups in total. The maximum atomic E-state index is 11.4. The number of nitrogens with one attached hydrogen (secondary N) is 1. The highest BCUT2D eigenvalue weighted by Crippen LogP contribution is 2.14. The van der Waals surface area contributed by atoms with E-state index in [0.29, 0.717) is 0 Å². The van der Waals surface area contributed by atoms with Crippen molar-refractivity contribution in [1.29, 1.82) is 0 Å². The van der Waals surface area contributed by atoms with Crippen LogP contribution in [0, 0.1) is 0 Å². The Morgan fingerprint density at radius 3 is 3.08 bits per heavy atom. The summed E-state index contributed by atoms with van der Waals surface area (Å²) in [6, 6.07) is -0.0285. The molecule has 1 aromatic rings. The molecule has 13 heavy (non-hydrogen) atoms. The van der Waals surface area contributed by atoms with E-state index in [9.17, 15) is 4.79 Å². The minimum absolute atomic E-state index is 0.0285. The van der Waals surface area contributed by atoms with Gasteiger partial charge in [0.1, 0.15) is 0 Å². The van der Waals surface area contributed by atoms with Crippen LogP contribution in [0.1, 0.15) is 6.42 Å². The van der Waals surface area contributed by atoms with E-state index in [1.165, 1.54) is 0 Å². The zero-order chi connectivity index (χ0) is 9.26. The van der Waals surface area contributed by atoms with Crippen LogP contribution in [0.25, 0.3) is 0 Å². The number of amides is 2. The largest absolute Gasteiger partial charge is 0.338 e. The van der Waals surface area contributed by atoms with Gasteiger partial charge in [-0.3, -0.25) is 9.58 Å². The van der Waals surface area contributed by atoms with Crippen LogP contribution in [-0.4, -0.2) is 28.9 Å². The van der Waals surface area contributed by atoms with Crippen molar-refractivity contribution in [2.45, 2.75) is 6.42 Å². The summed E-state index contributed by atoms with van der Waals surface area (Å²) >= 11 is 0. The predicted octanol–water partition coefficient (Wildman–Crippen LogP) is 0.340. The van der Waals surface area contributed by atoms with Gasteiger partial charge < -0.3 is 5.32 Å². The summed E-state index contributed by atoms with van der Waals surface area (Å²) in [5.74, 6) is 0. The van der Waals surface area contributed by atoms with E-state index < -0.39 is 0 Å². The summed E-state index contributed by atoms with van der Waals surface area (Å²) in [5, 5.41) is 6.81. The van der Waals surface area contributed by atoms with Gasteiger partial charge in [-0.1, -0.05) is 0 Å². The van der Waals surface area contributed by atoms with Gasteiger partial charge >= 0.3 is 6.03 Å². The molecule has 1 aliphatic rings. The number of hydrogen-bond donors (Lipinski definition) is 1. The molecule has 2 amide bonds. The summed E-state index contributed by atoms with van der Waals surface area (Å²) in [6.45, 7) is 1.55. The zero-order valence-electron chi connectivity index (χ0n) is 7.53. The number of hydrogen-bond acceptors (Lipinski definition) is 2. The lowest BCUT2D eigenvalue weighted by Gasteiger charge is -2.25. The molecule has 0 unspecified atom stereocenters. The normalized spacial score (nSPS) is 17.3. The monoisotopic (exact) mass is 180 g/mol. The van der Waals surface area contributed by atoms with Gasteiger partial charge in [0, 0.05) is 26.3 Å². The summed E-state index contributed by atoms with van der Waals surface area (Å²) < 4.78 is 1.69. The van der Waals surface area contributed by atoms with E-state index in [2.05, 4.69) is 10.4 Å². The van der Waals surface area contributed by atoms with Crippen LogP contribution >= 0.6 is 0 Å². The number of urea groups is 1. The SMILES string of the molecule is Cn1cc(N2CCCNC2=O)cn1. The average Bonchev–Trinajstić information content (AvgIpc) is 2.53. The summed E-state index contributed by atoms with van der Waals surface area (Å²) in [5.41, 5.74) is 0.861. The van der Waals surface area contributed by atoms with E-state index in [1.807, 2.05) is 13.2 Å². The highest BCUT2D eigenvalue weighted by molar-refractivity contribution is 5.92. The zero-order valence-corrected chi connectivity index (χ0v) is 7.53. The Hall–Kier alpha value is -1.52. The molecule has 1 saturated heterocycles. The van der Waals surface area contributed by atoms with Crippen molar-refractivity contribution in [1.82, 2.24) is 15.1 Å². The van der Waals surface area contributed by atoms with Crippen LogP contribution in [0.5, 0.6) is 0 Å². The van der Waals surface area contributed by atoms with Gasteiger partial charge in [0.2, 0.25) is 0 Å². The Kier molecular flexibility index (Phi) is 1.92. The van der Waals surface area contributed by atoms with Gasteiger partial charge in [-0.25, -0.2) is 4.79 Å². The third-order valence-electron chi connectivity index (χ3n) is 2.08. The van der Waals surface area contributed by atoms with E-state index >= 15 is 0 Å². The molecule has 0 aliphatic carbocycles. The van der Waals surface area contributed by atoms with Crippen LogP contribution in [0.3, 0.4) is 0 Å². The molecular weight excluding hydrogens is 168 g/mol. The second-order valence-electron chi connectivity index (χ2n) is 3.11. The molecule has 0 saturated carbocycles. The van der Waals surface area contributed by atoms with Crippen molar-refractivity contribution in [3.05, 3.63) is 12.4 Å². The first-order chi connectivity index (χ1) is 6.27. The number of rotatable bonds is 1. The standard InChI is InChI=1S/C8H12N4O/c1-11-6-7(5-10-11)12-4-2-3-9-8(12)13/h5-6H,2-4H2,1H3,(H,9,13). The fraction of sp³-hybridized carbons (Fsp3) is 0.500. The fourth-order valence-electron chi connectivity index (χ4n) is 1.42.